The van der Waals surface area contributed by atoms with Crippen molar-refractivity contribution < 1.29 is 0 Å². The molecule has 0 radical (unpaired) electrons. The van der Waals surface area contributed by atoms with Crippen LogP contribution in [0.1, 0.15) is 38.7 Å². The molecule has 0 amide bonds. The second kappa shape index (κ2) is 8.13. The average Bonchev–Trinajstić information content (AvgIpc) is 2.95. The van der Waals surface area contributed by atoms with Gasteiger partial charge in [0.1, 0.15) is 6.07 Å². The fourth-order valence-electron chi connectivity index (χ4n) is 3.60. The minimum atomic E-state index is 0.690. The largest absolute Gasteiger partial charge is 0.338 e. The summed E-state index contributed by atoms with van der Waals surface area (Å²) in [7, 11) is 0. The van der Waals surface area contributed by atoms with Crippen LogP contribution in [0.25, 0.3) is 22.0 Å². The maximum atomic E-state index is 9.49. The van der Waals surface area contributed by atoms with E-state index in [1.54, 1.807) is 0 Å². The zero-order valence-electron chi connectivity index (χ0n) is 15.2. The van der Waals surface area contributed by atoms with E-state index >= 15 is 0 Å². The highest BCUT2D eigenvalue weighted by Crippen LogP contribution is 2.36. The van der Waals surface area contributed by atoms with Crippen molar-refractivity contribution in [1.82, 2.24) is 14.5 Å². The maximum absolute atomic E-state index is 9.49. The van der Waals surface area contributed by atoms with Crippen molar-refractivity contribution >= 4 is 10.8 Å². The van der Waals surface area contributed by atoms with Gasteiger partial charge in [0.05, 0.1) is 17.6 Å². The van der Waals surface area contributed by atoms with Crippen molar-refractivity contribution in [3.05, 3.63) is 42.4 Å². The van der Waals surface area contributed by atoms with Crippen LogP contribution in [0.4, 0.5) is 0 Å². The molecule has 1 heterocycles. The number of hydrogen-bond donors (Lipinski definition) is 0. The Morgan fingerprint density at radius 2 is 1.80 bits per heavy atom. The van der Waals surface area contributed by atoms with Gasteiger partial charge >= 0.3 is 0 Å². The summed E-state index contributed by atoms with van der Waals surface area (Å²) >= 11 is 0. The van der Waals surface area contributed by atoms with E-state index in [2.05, 4.69) is 46.6 Å². The van der Waals surface area contributed by atoms with Crippen LogP contribution in [0.3, 0.4) is 0 Å². The Morgan fingerprint density at radius 1 is 1.08 bits per heavy atom. The van der Waals surface area contributed by atoms with E-state index in [0.29, 0.717) is 5.56 Å². The summed E-state index contributed by atoms with van der Waals surface area (Å²) in [4.78, 5) is 7.13. The number of aryl methyl sites for hydroxylation is 1. The molecular formula is C21H26N4. The molecule has 0 fully saturated rings. The summed E-state index contributed by atoms with van der Waals surface area (Å²) in [5, 5.41) is 11.6. The smallest absolute Gasteiger partial charge is 0.102 e. The molecule has 0 aromatic heterocycles. The minimum Gasteiger partial charge on any atom is -0.338 e. The first-order valence-corrected chi connectivity index (χ1v) is 9.27. The summed E-state index contributed by atoms with van der Waals surface area (Å²) in [6, 6.07) is 10.4. The molecule has 1 aliphatic heterocycles. The van der Waals surface area contributed by atoms with E-state index in [9.17, 15) is 5.26 Å². The third kappa shape index (κ3) is 3.67. The molecule has 4 heteroatoms. The van der Waals surface area contributed by atoms with Gasteiger partial charge in [-0.25, -0.2) is 4.98 Å². The Hall–Kier alpha value is -2.38. The first-order valence-electron chi connectivity index (χ1n) is 9.27. The van der Waals surface area contributed by atoms with Crippen LogP contribution < -0.4 is 0 Å². The summed E-state index contributed by atoms with van der Waals surface area (Å²) in [5.74, 6) is 0. The summed E-state index contributed by atoms with van der Waals surface area (Å²) in [6.45, 7) is 8.90. The zero-order valence-corrected chi connectivity index (χ0v) is 15.2. The van der Waals surface area contributed by atoms with E-state index in [-0.39, 0.29) is 0 Å². The van der Waals surface area contributed by atoms with Gasteiger partial charge in [0.2, 0.25) is 0 Å². The molecule has 0 saturated heterocycles. The van der Waals surface area contributed by atoms with Gasteiger partial charge in [-0.15, -0.1) is 0 Å². The molecule has 0 N–H and O–H groups in total. The number of nitrogens with zero attached hydrogens (tertiary/aromatic N) is 4. The lowest BCUT2D eigenvalue weighted by atomic mass is 10.2. The van der Waals surface area contributed by atoms with Gasteiger partial charge in [0.15, 0.2) is 0 Å². The van der Waals surface area contributed by atoms with Gasteiger partial charge in [-0.2, -0.15) is 5.26 Å². The minimum absolute atomic E-state index is 0.690. The van der Waals surface area contributed by atoms with Gasteiger partial charge < -0.3 is 9.47 Å². The predicted octanol–water partition coefficient (Wildman–Crippen LogP) is 4.52. The van der Waals surface area contributed by atoms with Crippen molar-refractivity contribution in [3.63, 3.8) is 0 Å². The second-order valence-corrected chi connectivity index (χ2v) is 6.60. The highest BCUT2D eigenvalue weighted by molar-refractivity contribution is 6.06. The van der Waals surface area contributed by atoms with Crippen molar-refractivity contribution in [2.75, 3.05) is 19.6 Å². The third-order valence-electron chi connectivity index (χ3n) is 4.69. The van der Waals surface area contributed by atoms with E-state index in [1.807, 2.05) is 24.5 Å². The molecule has 25 heavy (non-hydrogen) atoms. The normalized spacial score (nSPS) is 11.4. The van der Waals surface area contributed by atoms with Crippen LogP contribution in [0.15, 0.2) is 36.8 Å². The van der Waals surface area contributed by atoms with Crippen LogP contribution in [0.5, 0.6) is 0 Å². The number of fused-ring (bicyclic) bond motifs is 3. The summed E-state index contributed by atoms with van der Waals surface area (Å²) in [5.41, 5.74) is 2.59. The lowest BCUT2D eigenvalue weighted by Crippen LogP contribution is -2.27. The first-order chi connectivity index (χ1) is 12.3. The second-order valence-electron chi connectivity index (χ2n) is 6.60. The highest BCUT2D eigenvalue weighted by Gasteiger charge is 2.18. The van der Waals surface area contributed by atoms with Gasteiger partial charge in [-0.3, -0.25) is 0 Å². The third-order valence-corrected chi connectivity index (χ3v) is 4.69. The number of rotatable bonds is 8. The SMILES string of the molecule is CCCN(CCC)CCCn1cnc2c(C#N)c3ccccc3c-2c1. The van der Waals surface area contributed by atoms with E-state index in [4.69, 9.17) is 0 Å². The van der Waals surface area contributed by atoms with E-state index < -0.39 is 0 Å². The maximum Gasteiger partial charge on any atom is 0.102 e. The lowest BCUT2D eigenvalue weighted by molar-refractivity contribution is 0.266. The molecule has 2 aliphatic rings. The quantitative estimate of drug-likeness (QED) is 0.608. The van der Waals surface area contributed by atoms with Crippen LogP contribution in [-0.2, 0) is 6.54 Å². The fourth-order valence-corrected chi connectivity index (χ4v) is 3.60. The molecule has 1 aliphatic carbocycles. The number of aromatic nitrogens is 2. The van der Waals surface area contributed by atoms with Gasteiger partial charge in [-0.1, -0.05) is 38.1 Å². The van der Waals surface area contributed by atoms with Crippen molar-refractivity contribution in [2.24, 2.45) is 0 Å². The van der Waals surface area contributed by atoms with Crippen LogP contribution >= 0.6 is 0 Å². The van der Waals surface area contributed by atoms with Gasteiger partial charge in [0.25, 0.3) is 0 Å². The predicted molar refractivity (Wildman–Crippen MR) is 103 cm³/mol. The Balaban J connectivity index is 1.79. The van der Waals surface area contributed by atoms with Crippen molar-refractivity contribution in [1.29, 1.82) is 5.26 Å². The first kappa shape index (κ1) is 17.4. The molecule has 0 atom stereocenters. The molecule has 130 valence electrons. The number of nitriles is 1. The standard InChI is InChI=1S/C21H26N4/c1-3-10-24(11-4-2)12-7-13-25-15-20-18-9-6-5-8-17(18)19(14-22)21(20)23-16-25/h5-6,8-9,15-16H,3-4,7,10-13H2,1-2H3. The summed E-state index contributed by atoms with van der Waals surface area (Å²) in [6.07, 6.45) is 7.54. The van der Waals surface area contributed by atoms with Crippen molar-refractivity contribution in [3.8, 4) is 17.3 Å². The summed E-state index contributed by atoms with van der Waals surface area (Å²) < 4.78 is 2.16. The highest BCUT2D eigenvalue weighted by atomic mass is 15.1. The van der Waals surface area contributed by atoms with E-state index in [1.165, 1.54) is 25.9 Å². The molecule has 0 unspecified atom stereocenters. The molecule has 0 saturated carbocycles. The Labute approximate surface area is 150 Å². The zero-order chi connectivity index (χ0) is 17.6. The molecule has 1 aromatic carbocycles. The van der Waals surface area contributed by atoms with Crippen LogP contribution in [0.2, 0.25) is 0 Å². The molecule has 3 rings (SSSR count). The Kier molecular flexibility index (Phi) is 5.67. The molecular weight excluding hydrogens is 308 g/mol. The molecule has 4 nitrogen and oxygen atoms in total. The van der Waals surface area contributed by atoms with Crippen molar-refractivity contribution in [2.45, 2.75) is 39.7 Å². The molecule has 0 spiro atoms. The average molecular weight is 334 g/mol. The Bertz CT molecular complexity index is 837. The van der Waals surface area contributed by atoms with Gasteiger partial charge in [-0.05, 0) is 44.3 Å². The van der Waals surface area contributed by atoms with Crippen LogP contribution in [0, 0.1) is 11.3 Å². The number of benzene rings is 1. The Morgan fingerprint density at radius 3 is 2.48 bits per heavy atom. The number of hydrogen-bond acceptors (Lipinski definition) is 3. The van der Waals surface area contributed by atoms with Gasteiger partial charge in [0, 0.05) is 23.7 Å². The fraction of sp³-hybridized carbons (Fsp3) is 0.429. The van der Waals surface area contributed by atoms with E-state index in [0.717, 1.165) is 41.5 Å². The van der Waals surface area contributed by atoms with Crippen LogP contribution in [-0.4, -0.2) is 34.1 Å². The topological polar surface area (TPSA) is 44.9 Å². The molecule has 1 aromatic rings. The molecule has 0 bridgehead atoms. The lowest BCUT2D eigenvalue weighted by Gasteiger charge is -2.21. The monoisotopic (exact) mass is 334 g/mol.